The molecule has 0 spiro atoms. The van der Waals surface area contributed by atoms with Gasteiger partial charge in [0.2, 0.25) is 0 Å². The first-order valence-electron chi connectivity index (χ1n) is 9.05. The molecule has 0 saturated heterocycles. The molecule has 0 bridgehead atoms. The fraction of sp³-hybridized carbons (Fsp3) is 0.136. The van der Waals surface area contributed by atoms with Gasteiger partial charge in [0.15, 0.2) is 23.9 Å². The van der Waals surface area contributed by atoms with E-state index in [4.69, 9.17) is 14.2 Å². The van der Waals surface area contributed by atoms with Gasteiger partial charge in [-0.25, -0.2) is 0 Å². The molecule has 0 aliphatic rings. The number of nitro benzene ring substituents is 1. The van der Waals surface area contributed by atoms with Crippen LogP contribution in [0.2, 0.25) is 0 Å². The normalized spacial score (nSPS) is 10.2. The van der Waals surface area contributed by atoms with Crippen molar-refractivity contribution in [3.63, 3.8) is 0 Å². The number of rotatable bonds is 8. The van der Waals surface area contributed by atoms with Gasteiger partial charge in [0, 0.05) is 6.07 Å². The number of aryl methyl sites for hydroxylation is 1. The summed E-state index contributed by atoms with van der Waals surface area (Å²) in [5, 5.41) is 13.7. The van der Waals surface area contributed by atoms with E-state index >= 15 is 0 Å². The number of benzene rings is 3. The third kappa shape index (κ3) is 5.26. The van der Waals surface area contributed by atoms with E-state index in [-0.39, 0.29) is 23.8 Å². The second-order valence-corrected chi connectivity index (χ2v) is 6.34. The molecule has 154 valence electrons. The van der Waals surface area contributed by atoms with Crippen LogP contribution < -0.4 is 19.5 Å². The number of carbonyl (C=O) groups is 1. The standard InChI is InChI=1S/C22H20N2O6/c1-15-7-10-17(11-8-15)30-19-6-4-3-5-18(19)23-22(25)14-29-21-13-16(24(26)27)9-12-20(21)28-2/h3-13H,14H2,1-2H3,(H,23,25). The maximum atomic E-state index is 12.4. The smallest absolute Gasteiger partial charge is 0.273 e. The molecule has 3 aromatic rings. The Hall–Kier alpha value is -4.07. The molecular formula is C22H20N2O6. The maximum absolute atomic E-state index is 12.4. The fourth-order valence-corrected chi connectivity index (χ4v) is 2.61. The molecule has 0 unspecified atom stereocenters. The minimum absolute atomic E-state index is 0.103. The zero-order valence-electron chi connectivity index (χ0n) is 16.5. The Balaban J connectivity index is 1.68. The van der Waals surface area contributed by atoms with Gasteiger partial charge in [-0.1, -0.05) is 29.8 Å². The summed E-state index contributed by atoms with van der Waals surface area (Å²) < 4.78 is 16.4. The van der Waals surface area contributed by atoms with Crippen LogP contribution in [0.1, 0.15) is 5.56 Å². The number of nitrogens with one attached hydrogen (secondary N) is 1. The van der Waals surface area contributed by atoms with Crippen LogP contribution in [0, 0.1) is 17.0 Å². The third-order valence-corrected chi connectivity index (χ3v) is 4.13. The number of hydrogen-bond acceptors (Lipinski definition) is 6. The number of nitro groups is 1. The monoisotopic (exact) mass is 408 g/mol. The van der Waals surface area contributed by atoms with Gasteiger partial charge in [-0.3, -0.25) is 14.9 Å². The van der Waals surface area contributed by atoms with E-state index in [2.05, 4.69) is 5.32 Å². The van der Waals surface area contributed by atoms with Gasteiger partial charge in [-0.2, -0.15) is 0 Å². The van der Waals surface area contributed by atoms with E-state index in [0.717, 1.165) is 5.56 Å². The topological polar surface area (TPSA) is 99.9 Å². The van der Waals surface area contributed by atoms with Crippen molar-refractivity contribution in [3.05, 3.63) is 82.4 Å². The Morgan fingerprint density at radius 1 is 1.00 bits per heavy atom. The van der Waals surface area contributed by atoms with E-state index in [1.807, 2.05) is 31.2 Å². The van der Waals surface area contributed by atoms with E-state index in [0.29, 0.717) is 17.2 Å². The van der Waals surface area contributed by atoms with Crippen molar-refractivity contribution >= 4 is 17.3 Å². The first kappa shape index (κ1) is 20.7. The van der Waals surface area contributed by atoms with Gasteiger partial charge < -0.3 is 19.5 Å². The summed E-state index contributed by atoms with van der Waals surface area (Å²) in [5.41, 5.74) is 1.42. The highest BCUT2D eigenvalue weighted by molar-refractivity contribution is 5.93. The second kappa shape index (κ2) is 9.42. The Kier molecular flexibility index (Phi) is 6.49. The van der Waals surface area contributed by atoms with E-state index in [9.17, 15) is 14.9 Å². The molecule has 1 amide bonds. The number of para-hydroxylation sites is 2. The van der Waals surface area contributed by atoms with Crippen LogP contribution in [-0.2, 0) is 4.79 Å². The maximum Gasteiger partial charge on any atom is 0.273 e. The molecular weight excluding hydrogens is 388 g/mol. The highest BCUT2D eigenvalue weighted by Crippen LogP contribution is 2.32. The summed E-state index contributed by atoms with van der Waals surface area (Å²) >= 11 is 0. The van der Waals surface area contributed by atoms with Crippen LogP contribution in [0.3, 0.4) is 0 Å². The first-order valence-corrected chi connectivity index (χ1v) is 9.05. The molecule has 0 aromatic heterocycles. The third-order valence-electron chi connectivity index (χ3n) is 4.13. The van der Waals surface area contributed by atoms with Crippen LogP contribution in [0.25, 0.3) is 0 Å². The van der Waals surface area contributed by atoms with Crippen molar-refractivity contribution in [2.45, 2.75) is 6.92 Å². The van der Waals surface area contributed by atoms with E-state index in [1.165, 1.54) is 25.3 Å². The second-order valence-electron chi connectivity index (χ2n) is 6.34. The van der Waals surface area contributed by atoms with Crippen molar-refractivity contribution in [3.8, 4) is 23.0 Å². The molecule has 0 aliphatic heterocycles. The number of methoxy groups -OCH3 is 1. The van der Waals surface area contributed by atoms with Crippen LogP contribution in [0.5, 0.6) is 23.0 Å². The molecule has 8 nitrogen and oxygen atoms in total. The van der Waals surface area contributed by atoms with Crippen LogP contribution >= 0.6 is 0 Å². The van der Waals surface area contributed by atoms with E-state index < -0.39 is 10.8 Å². The van der Waals surface area contributed by atoms with Gasteiger partial charge >= 0.3 is 0 Å². The lowest BCUT2D eigenvalue weighted by molar-refractivity contribution is -0.385. The molecule has 3 rings (SSSR count). The number of nitrogens with zero attached hydrogens (tertiary/aromatic N) is 1. The number of non-ortho nitro benzene ring substituents is 1. The summed E-state index contributed by atoms with van der Waals surface area (Å²) in [5.74, 6) is 1.05. The summed E-state index contributed by atoms with van der Waals surface area (Å²) in [6.45, 7) is 1.62. The number of anilines is 1. The van der Waals surface area contributed by atoms with Gasteiger partial charge in [-0.05, 0) is 37.3 Å². The van der Waals surface area contributed by atoms with Gasteiger partial charge in [0.25, 0.3) is 11.6 Å². The zero-order chi connectivity index (χ0) is 21.5. The lowest BCUT2D eigenvalue weighted by atomic mass is 10.2. The van der Waals surface area contributed by atoms with Crippen molar-refractivity contribution in [2.24, 2.45) is 0 Å². The van der Waals surface area contributed by atoms with Gasteiger partial charge in [0.1, 0.15) is 5.75 Å². The molecule has 0 atom stereocenters. The zero-order valence-corrected chi connectivity index (χ0v) is 16.5. The lowest BCUT2D eigenvalue weighted by Crippen LogP contribution is -2.20. The molecule has 0 radical (unpaired) electrons. The average molecular weight is 408 g/mol. The Morgan fingerprint density at radius 2 is 1.73 bits per heavy atom. The minimum atomic E-state index is -0.551. The largest absolute Gasteiger partial charge is 0.493 e. The molecule has 30 heavy (non-hydrogen) atoms. The van der Waals surface area contributed by atoms with Crippen molar-refractivity contribution in [1.82, 2.24) is 0 Å². The highest BCUT2D eigenvalue weighted by atomic mass is 16.6. The summed E-state index contributed by atoms with van der Waals surface area (Å²) in [4.78, 5) is 22.8. The molecule has 0 saturated carbocycles. The molecule has 0 heterocycles. The number of hydrogen-bond donors (Lipinski definition) is 1. The Bertz CT molecular complexity index is 1050. The van der Waals surface area contributed by atoms with E-state index in [1.54, 1.807) is 24.3 Å². The van der Waals surface area contributed by atoms with Gasteiger partial charge in [0.05, 0.1) is 23.8 Å². The fourth-order valence-electron chi connectivity index (χ4n) is 2.61. The first-order chi connectivity index (χ1) is 14.5. The van der Waals surface area contributed by atoms with Crippen LogP contribution in [0.15, 0.2) is 66.7 Å². The molecule has 0 fully saturated rings. The predicted molar refractivity (Wildman–Crippen MR) is 111 cm³/mol. The molecule has 0 aliphatic carbocycles. The molecule has 8 heteroatoms. The predicted octanol–water partition coefficient (Wildman–Crippen LogP) is 4.72. The molecule has 3 aromatic carbocycles. The van der Waals surface area contributed by atoms with Crippen LogP contribution in [0.4, 0.5) is 11.4 Å². The average Bonchev–Trinajstić information content (AvgIpc) is 2.75. The Labute approximate surface area is 173 Å². The number of ether oxygens (including phenoxy) is 3. The quantitative estimate of drug-likeness (QED) is 0.428. The Morgan fingerprint density at radius 3 is 2.43 bits per heavy atom. The van der Waals surface area contributed by atoms with Gasteiger partial charge in [-0.15, -0.1) is 0 Å². The summed E-state index contributed by atoms with van der Waals surface area (Å²) in [6, 6.07) is 18.5. The van der Waals surface area contributed by atoms with Crippen molar-refractivity contribution in [2.75, 3.05) is 19.0 Å². The van der Waals surface area contributed by atoms with Crippen molar-refractivity contribution in [1.29, 1.82) is 0 Å². The molecule has 1 N–H and O–H groups in total. The number of amides is 1. The van der Waals surface area contributed by atoms with Crippen molar-refractivity contribution < 1.29 is 23.9 Å². The van der Waals surface area contributed by atoms with Crippen LogP contribution in [-0.4, -0.2) is 24.5 Å². The summed E-state index contributed by atoms with van der Waals surface area (Å²) in [6.07, 6.45) is 0. The summed E-state index contributed by atoms with van der Waals surface area (Å²) in [7, 11) is 1.41. The SMILES string of the molecule is COc1ccc([N+](=O)[O-])cc1OCC(=O)Nc1ccccc1Oc1ccc(C)cc1. The number of carbonyl (C=O) groups excluding carboxylic acids is 1. The highest BCUT2D eigenvalue weighted by Gasteiger charge is 2.15. The lowest BCUT2D eigenvalue weighted by Gasteiger charge is -2.13. The minimum Gasteiger partial charge on any atom is -0.493 e.